The summed E-state index contributed by atoms with van der Waals surface area (Å²) in [7, 11) is 1.08. The van der Waals surface area contributed by atoms with Gasteiger partial charge in [0.2, 0.25) is 0 Å². The van der Waals surface area contributed by atoms with Gasteiger partial charge in [-0.2, -0.15) is 23.4 Å². The van der Waals surface area contributed by atoms with E-state index in [2.05, 4.69) is 31.4 Å². The average molecular weight is 532 g/mol. The van der Waals surface area contributed by atoms with Crippen molar-refractivity contribution in [2.24, 2.45) is 7.05 Å². The average Bonchev–Trinajstić information content (AvgIpc) is 3.09. The molecule has 0 atom stereocenters. The Morgan fingerprint density at radius 2 is 1.79 bits per heavy atom. The number of anilines is 1. The summed E-state index contributed by atoms with van der Waals surface area (Å²) in [6.07, 6.45) is -3.27. The fourth-order valence-corrected chi connectivity index (χ4v) is 3.98. The molecule has 0 saturated carbocycles. The third-order valence-corrected chi connectivity index (χ3v) is 5.54. The zero-order chi connectivity index (χ0) is 21.5. The molecule has 0 bridgehead atoms. The number of nitrogens with zero attached hydrogens (tertiary/aromatic N) is 4. The Morgan fingerprint density at radius 1 is 1.17 bits per heavy atom. The summed E-state index contributed by atoms with van der Waals surface area (Å²) in [6, 6.07) is 5.01. The van der Waals surface area contributed by atoms with E-state index in [0.717, 1.165) is 7.05 Å². The lowest BCUT2D eigenvalue weighted by atomic mass is 10.2. The molecule has 0 fully saturated rings. The number of halogens is 7. The first kappa shape index (κ1) is 21.9. The zero-order valence-corrected chi connectivity index (χ0v) is 18.2. The Labute approximate surface area is 185 Å². The Bertz CT molecular complexity index is 1080. The summed E-state index contributed by atoms with van der Waals surface area (Å²) in [5.74, 6) is -0.961. The lowest BCUT2D eigenvalue weighted by molar-refractivity contribution is -0.144. The van der Waals surface area contributed by atoms with Crippen molar-refractivity contribution in [3.8, 4) is 0 Å². The third kappa shape index (κ3) is 4.55. The van der Waals surface area contributed by atoms with E-state index < -0.39 is 27.9 Å². The number of aryl methyl sites for hydroxylation is 1. The monoisotopic (exact) mass is 529 g/mol. The quantitative estimate of drug-likeness (QED) is 0.473. The van der Waals surface area contributed by atoms with Crippen molar-refractivity contribution in [2.75, 3.05) is 5.32 Å². The number of benzene rings is 1. The summed E-state index contributed by atoms with van der Waals surface area (Å²) in [6.45, 7) is 0.166. The van der Waals surface area contributed by atoms with Crippen molar-refractivity contribution in [1.82, 2.24) is 19.6 Å². The first-order valence-electron chi connectivity index (χ1n) is 7.76. The van der Waals surface area contributed by atoms with Gasteiger partial charge in [0.15, 0.2) is 17.2 Å². The highest BCUT2D eigenvalue weighted by Crippen LogP contribution is 2.36. The van der Waals surface area contributed by atoms with Crippen LogP contribution in [0.25, 0.3) is 0 Å². The molecule has 0 unspecified atom stereocenters. The second-order valence-corrected chi connectivity index (χ2v) is 7.82. The summed E-state index contributed by atoms with van der Waals surface area (Å²) in [5, 5.41) is 11.0. The van der Waals surface area contributed by atoms with Crippen LogP contribution in [0.2, 0.25) is 15.1 Å². The summed E-state index contributed by atoms with van der Waals surface area (Å²) in [4.78, 5) is 12.4. The highest BCUT2D eigenvalue weighted by molar-refractivity contribution is 9.10. The smallest absolute Gasteiger partial charge is 0.302 e. The van der Waals surface area contributed by atoms with E-state index in [0.29, 0.717) is 20.3 Å². The predicted molar refractivity (Wildman–Crippen MR) is 107 cm³/mol. The van der Waals surface area contributed by atoms with Crippen LogP contribution in [0.5, 0.6) is 0 Å². The minimum atomic E-state index is -4.69. The molecule has 0 aliphatic carbocycles. The number of aromatic nitrogens is 4. The second-order valence-electron chi connectivity index (χ2n) is 5.81. The molecule has 0 saturated heterocycles. The van der Waals surface area contributed by atoms with Gasteiger partial charge in [0.1, 0.15) is 5.02 Å². The topological polar surface area (TPSA) is 64.7 Å². The van der Waals surface area contributed by atoms with Crippen LogP contribution in [0, 0.1) is 0 Å². The number of hydrogen-bond donors (Lipinski definition) is 1. The van der Waals surface area contributed by atoms with Gasteiger partial charge in [0.05, 0.1) is 11.0 Å². The van der Waals surface area contributed by atoms with Crippen molar-refractivity contribution >= 4 is 62.5 Å². The highest BCUT2D eigenvalue weighted by atomic mass is 79.9. The van der Waals surface area contributed by atoms with E-state index in [1.807, 2.05) is 0 Å². The van der Waals surface area contributed by atoms with E-state index in [4.69, 9.17) is 34.8 Å². The Balaban J connectivity index is 1.84. The van der Waals surface area contributed by atoms with E-state index in [9.17, 15) is 18.0 Å². The van der Waals surface area contributed by atoms with Crippen molar-refractivity contribution in [3.05, 3.63) is 60.9 Å². The largest absolute Gasteiger partial charge is 0.434 e. The fraction of sp³-hybridized carbons (Fsp3) is 0.188. The van der Waals surface area contributed by atoms with Crippen molar-refractivity contribution in [1.29, 1.82) is 0 Å². The lowest BCUT2D eigenvalue weighted by Gasteiger charge is -2.07. The van der Waals surface area contributed by atoms with Crippen LogP contribution < -0.4 is 5.32 Å². The van der Waals surface area contributed by atoms with Crippen molar-refractivity contribution in [3.63, 3.8) is 0 Å². The molecule has 3 aromatic rings. The Kier molecular flexibility index (Phi) is 6.19. The molecule has 0 spiro atoms. The SMILES string of the molecule is Cn1nc(C(=O)Nc2nn(Cc3c(Cl)cccc3Cl)cc2Cl)c(Br)c1C(F)(F)F. The van der Waals surface area contributed by atoms with Crippen LogP contribution in [0.1, 0.15) is 21.7 Å². The van der Waals surface area contributed by atoms with Gasteiger partial charge < -0.3 is 5.32 Å². The molecule has 29 heavy (non-hydrogen) atoms. The molecular weight excluding hydrogens is 521 g/mol. The highest BCUT2D eigenvalue weighted by Gasteiger charge is 2.39. The van der Waals surface area contributed by atoms with Gasteiger partial charge in [-0.25, -0.2) is 0 Å². The molecular formula is C16H10BrCl3F3N5O. The van der Waals surface area contributed by atoms with Gasteiger partial charge >= 0.3 is 6.18 Å². The van der Waals surface area contributed by atoms with Crippen LogP contribution in [-0.2, 0) is 19.8 Å². The van der Waals surface area contributed by atoms with E-state index in [1.165, 1.54) is 10.9 Å². The van der Waals surface area contributed by atoms with Crippen LogP contribution in [0.15, 0.2) is 28.9 Å². The van der Waals surface area contributed by atoms with Gasteiger partial charge in [-0.05, 0) is 28.1 Å². The predicted octanol–water partition coefficient (Wildman–Crippen LogP) is 5.66. The zero-order valence-electron chi connectivity index (χ0n) is 14.4. The number of carbonyl (C=O) groups is 1. The maximum Gasteiger partial charge on any atom is 0.434 e. The normalized spacial score (nSPS) is 11.7. The third-order valence-electron chi connectivity index (χ3n) is 3.80. The van der Waals surface area contributed by atoms with Crippen LogP contribution in [0.4, 0.5) is 19.0 Å². The Hall–Kier alpha value is -1.75. The number of hydrogen-bond acceptors (Lipinski definition) is 3. The maximum atomic E-state index is 13.1. The molecule has 1 amide bonds. The molecule has 1 aromatic carbocycles. The summed E-state index contributed by atoms with van der Waals surface area (Å²) >= 11 is 21.1. The molecule has 0 aliphatic heterocycles. The molecule has 2 aromatic heterocycles. The molecule has 0 radical (unpaired) electrons. The standard InChI is InChI=1S/C16H10BrCl3F3N5O/c1-27-13(16(21,22)23)11(17)12(25-27)15(29)24-14-10(20)6-28(26-14)5-7-8(18)3-2-4-9(7)19/h2-4,6H,5H2,1H3,(H,24,26,29). The first-order valence-corrected chi connectivity index (χ1v) is 9.68. The number of alkyl halides is 3. The van der Waals surface area contributed by atoms with Gasteiger partial charge in [-0.1, -0.05) is 40.9 Å². The minimum Gasteiger partial charge on any atom is -0.302 e. The van der Waals surface area contributed by atoms with Crippen LogP contribution in [0.3, 0.4) is 0 Å². The van der Waals surface area contributed by atoms with E-state index in [1.54, 1.807) is 18.2 Å². The second kappa shape index (κ2) is 8.17. The number of carbonyl (C=O) groups excluding carboxylic acids is 1. The minimum absolute atomic E-state index is 0.0500. The molecule has 1 N–H and O–H groups in total. The molecule has 3 rings (SSSR count). The van der Waals surface area contributed by atoms with Crippen molar-refractivity contribution in [2.45, 2.75) is 12.7 Å². The molecule has 0 aliphatic rings. The van der Waals surface area contributed by atoms with Gasteiger partial charge in [0.25, 0.3) is 5.91 Å². The van der Waals surface area contributed by atoms with E-state index >= 15 is 0 Å². The molecule has 154 valence electrons. The molecule has 13 heteroatoms. The van der Waals surface area contributed by atoms with Crippen LogP contribution >= 0.6 is 50.7 Å². The van der Waals surface area contributed by atoms with Gasteiger partial charge in [-0.15, -0.1) is 0 Å². The molecule has 6 nitrogen and oxygen atoms in total. The maximum absolute atomic E-state index is 13.1. The number of rotatable bonds is 4. The number of amides is 1. The first-order chi connectivity index (χ1) is 13.5. The lowest BCUT2D eigenvalue weighted by Crippen LogP contribution is -2.14. The Morgan fingerprint density at radius 3 is 2.34 bits per heavy atom. The summed E-state index contributed by atoms with van der Waals surface area (Å²) in [5.41, 5.74) is -0.956. The van der Waals surface area contributed by atoms with Crippen LogP contribution in [-0.4, -0.2) is 25.5 Å². The van der Waals surface area contributed by atoms with Gasteiger partial charge in [-0.3, -0.25) is 14.2 Å². The summed E-state index contributed by atoms with van der Waals surface area (Å²) < 4.78 is 40.7. The van der Waals surface area contributed by atoms with Crippen molar-refractivity contribution < 1.29 is 18.0 Å². The molecule has 2 heterocycles. The van der Waals surface area contributed by atoms with Gasteiger partial charge in [0, 0.05) is 28.9 Å². The number of nitrogens with one attached hydrogen (secondary N) is 1. The van der Waals surface area contributed by atoms with E-state index in [-0.39, 0.29) is 17.4 Å². The fourth-order valence-electron chi connectivity index (χ4n) is 2.53.